The maximum absolute atomic E-state index is 12.7. The van der Waals surface area contributed by atoms with Gasteiger partial charge in [-0.3, -0.25) is 4.79 Å². The van der Waals surface area contributed by atoms with Gasteiger partial charge < -0.3 is 10.1 Å². The predicted octanol–water partition coefficient (Wildman–Crippen LogP) is 4.74. The predicted molar refractivity (Wildman–Crippen MR) is 120 cm³/mol. The van der Waals surface area contributed by atoms with Crippen LogP contribution >= 0.6 is 0 Å². The highest BCUT2D eigenvalue weighted by atomic mass is 16.5. The lowest BCUT2D eigenvalue weighted by molar-refractivity contribution is 0.0932. The average Bonchev–Trinajstić information content (AvgIpc) is 3.48. The Bertz CT molecular complexity index is 1240. The molecule has 1 N–H and O–H groups in total. The summed E-state index contributed by atoms with van der Waals surface area (Å²) in [6.07, 6.45) is 6.17. The molecule has 2 aromatic heterocycles. The summed E-state index contributed by atoms with van der Waals surface area (Å²) in [4.78, 5) is 17.2. The first-order chi connectivity index (χ1) is 15.2. The fraction of sp³-hybridized carbons (Fsp3) is 0.240. The lowest BCUT2D eigenvalue weighted by atomic mass is 9.97. The minimum atomic E-state index is -0.135. The van der Waals surface area contributed by atoms with Crippen molar-refractivity contribution in [2.75, 3.05) is 7.11 Å². The van der Waals surface area contributed by atoms with Crippen LogP contribution in [-0.2, 0) is 0 Å². The Morgan fingerprint density at radius 2 is 1.84 bits per heavy atom. The van der Waals surface area contributed by atoms with Gasteiger partial charge >= 0.3 is 0 Å². The van der Waals surface area contributed by atoms with Gasteiger partial charge in [-0.05, 0) is 42.2 Å². The van der Waals surface area contributed by atoms with E-state index in [-0.39, 0.29) is 11.9 Å². The van der Waals surface area contributed by atoms with E-state index in [9.17, 15) is 4.79 Å². The SMILES string of the molecule is COc1cccc(-c2ccccc2-c2ccnc3cc(C(=O)NC4CCCC4)nn23)c1. The zero-order chi connectivity index (χ0) is 21.2. The highest BCUT2D eigenvalue weighted by Gasteiger charge is 2.21. The number of nitrogens with one attached hydrogen (secondary N) is 1. The second kappa shape index (κ2) is 8.22. The van der Waals surface area contributed by atoms with E-state index in [0.29, 0.717) is 11.3 Å². The van der Waals surface area contributed by atoms with Crippen LogP contribution in [0.4, 0.5) is 0 Å². The minimum Gasteiger partial charge on any atom is -0.497 e. The largest absolute Gasteiger partial charge is 0.497 e. The number of aromatic nitrogens is 3. The van der Waals surface area contributed by atoms with Crippen LogP contribution in [0, 0.1) is 0 Å². The normalized spacial score (nSPS) is 14.1. The van der Waals surface area contributed by atoms with Crippen LogP contribution in [0.5, 0.6) is 5.75 Å². The third kappa shape index (κ3) is 3.77. The van der Waals surface area contributed by atoms with Crippen LogP contribution in [0.25, 0.3) is 28.0 Å². The molecule has 0 aliphatic heterocycles. The highest BCUT2D eigenvalue weighted by Crippen LogP contribution is 2.33. The van der Waals surface area contributed by atoms with Crippen molar-refractivity contribution in [3.63, 3.8) is 0 Å². The number of amides is 1. The first kappa shape index (κ1) is 19.3. The lowest BCUT2D eigenvalue weighted by Crippen LogP contribution is -2.32. The van der Waals surface area contributed by atoms with Crippen molar-refractivity contribution in [2.45, 2.75) is 31.7 Å². The van der Waals surface area contributed by atoms with Crippen molar-refractivity contribution in [1.82, 2.24) is 19.9 Å². The molecule has 0 spiro atoms. The lowest BCUT2D eigenvalue weighted by Gasteiger charge is -2.12. The molecule has 0 saturated heterocycles. The van der Waals surface area contributed by atoms with E-state index in [2.05, 4.69) is 33.6 Å². The average molecular weight is 412 g/mol. The van der Waals surface area contributed by atoms with E-state index >= 15 is 0 Å². The summed E-state index contributed by atoms with van der Waals surface area (Å²) in [6.45, 7) is 0. The number of rotatable bonds is 5. The summed E-state index contributed by atoms with van der Waals surface area (Å²) < 4.78 is 7.16. The molecule has 0 bridgehead atoms. The molecule has 1 aliphatic rings. The number of hydrogen-bond donors (Lipinski definition) is 1. The van der Waals surface area contributed by atoms with Crippen LogP contribution in [-0.4, -0.2) is 33.7 Å². The second-order valence-corrected chi connectivity index (χ2v) is 7.86. The van der Waals surface area contributed by atoms with E-state index in [0.717, 1.165) is 41.0 Å². The van der Waals surface area contributed by atoms with Gasteiger partial charge in [-0.1, -0.05) is 49.2 Å². The Hall–Kier alpha value is -3.67. The van der Waals surface area contributed by atoms with Gasteiger partial charge in [0, 0.05) is 23.9 Å². The fourth-order valence-corrected chi connectivity index (χ4v) is 4.29. The second-order valence-electron chi connectivity index (χ2n) is 7.86. The van der Waals surface area contributed by atoms with Crippen LogP contribution in [0.15, 0.2) is 66.9 Å². The topological polar surface area (TPSA) is 68.5 Å². The molecular formula is C25H24N4O2. The molecule has 1 amide bonds. The summed E-state index contributed by atoms with van der Waals surface area (Å²) in [7, 11) is 1.67. The molecule has 6 nitrogen and oxygen atoms in total. The van der Waals surface area contributed by atoms with Crippen LogP contribution in [0.3, 0.4) is 0 Å². The highest BCUT2D eigenvalue weighted by molar-refractivity contribution is 5.94. The maximum atomic E-state index is 12.7. The van der Waals surface area contributed by atoms with Gasteiger partial charge in [-0.25, -0.2) is 9.50 Å². The number of methoxy groups -OCH3 is 1. The molecule has 6 heteroatoms. The molecule has 0 unspecified atom stereocenters. The van der Waals surface area contributed by atoms with Gasteiger partial charge in [0.1, 0.15) is 5.75 Å². The molecular weight excluding hydrogens is 388 g/mol. The summed E-state index contributed by atoms with van der Waals surface area (Å²) in [5.74, 6) is 0.668. The van der Waals surface area contributed by atoms with Gasteiger partial charge in [0.05, 0.1) is 12.8 Å². The van der Waals surface area contributed by atoms with E-state index in [1.165, 1.54) is 12.8 Å². The standard InChI is InChI=1S/C25H24N4O2/c1-31-19-10-6-7-17(15-19)20-11-4-5-12-21(20)23-13-14-26-24-16-22(28-29(23)24)25(30)27-18-8-2-3-9-18/h4-7,10-16,18H,2-3,8-9H2,1H3,(H,27,30). The van der Waals surface area contributed by atoms with Gasteiger partial charge in [0.15, 0.2) is 11.3 Å². The number of hydrogen-bond acceptors (Lipinski definition) is 4. The molecule has 0 radical (unpaired) electrons. The summed E-state index contributed by atoms with van der Waals surface area (Å²) in [5.41, 5.74) is 5.03. The van der Waals surface area contributed by atoms with Crippen molar-refractivity contribution >= 4 is 11.6 Å². The number of fused-ring (bicyclic) bond motifs is 1. The Morgan fingerprint density at radius 3 is 2.65 bits per heavy atom. The molecule has 1 saturated carbocycles. The number of carbonyl (C=O) groups excluding carboxylic acids is 1. The quantitative estimate of drug-likeness (QED) is 0.514. The third-order valence-electron chi connectivity index (χ3n) is 5.86. The molecule has 31 heavy (non-hydrogen) atoms. The third-order valence-corrected chi connectivity index (χ3v) is 5.86. The van der Waals surface area contributed by atoms with E-state index in [4.69, 9.17) is 4.74 Å². The van der Waals surface area contributed by atoms with Gasteiger partial charge in [-0.2, -0.15) is 5.10 Å². The van der Waals surface area contributed by atoms with Crippen molar-refractivity contribution in [2.24, 2.45) is 0 Å². The molecule has 1 aliphatic carbocycles. The van der Waals surface area contributed by atoms with Gasteiger partial charge in [0.25, 0.3) is 5.91 Å². The van der Waals surface area contributed by atoms with E-state index in [1.807, 2.05) is 36.4 Å². The first-order valence-corrected chi connectivity index (χ1v) is 10.6. The van der Waals surface area contributed by atoms with Crippen LogP contribution < -0.4 is 10.1 Å². The van der Waals surface area contributed by atoms with E-state index < -0.39 is 0 Å². The molecule has 4 aromatic rings. The van der Waals surface area contributed by atoms with Crippen LogP contribution in [0.1, 0.15) is 36.2 Å². The molecule has 5 rings (SSSR count). The summed E-state index contributed by atoms with van der Waals surface area (Å²) >= 11 is 0. The molecule has 1 fully saturated rings. The number of benzene rings is 2. The van der Waals surface area contributed by atoms with Gasteiger partial charge in [-0.15, -0.1) is 0 Å². The Balaban J connectivity index is 1.56. The minimum absolute atomic E-state index is 0.135. The smallest absolute Gasteiger partial charge is 0.272 e. The molecule has 156 valence electrons. The Labute approximate surface area is 180 Å². The van der Waals surface area contributed by atoms with Crippen molar-refractivity contribution in [3.8, 4) is 28.1 Å². The molecule has 2 aromatic carbocycles. The fourth-order valence-electron chi connectivity index (χ4n) is 4.29. The van der Waals surface area contributed by atoms with Crippen molar-refractivity contribution in [1.29, 1.82) is 0 Å². The van der Waals surface area contributed by atoms with Crippen molar-refractivity contribution < 1.29 is 9.53 Å². The zero-order valence-corrected chi connectivity index (χ0v) is 17.4. The zero-order valence-electron chi connectivity index (χ0n) is 17.4. The van der Waals surface area contributed by atoms with Crippen molar-refractivity contribution in [3.05, 3.63) is 72.6 Å². The summed E-state index contributed by atoms with van der Waals surface area (Å²) in [5, 5.41) is 7.73. The van der Waals surface area contributed by atoms with E-state index in [1.54, 1.807) is 23.9 Å². The Kier molecular flexibility index (Phi) is 5.12. The monoisotopic (exact) mass is 412 g/mol. The Morgan fingerprint density at radius 1 is 1.03 bits per heavy atom. The number of carbonyl (C=O) groups is 1. The maximum Gasteiger partial charge on any atom is 0.272 e. The first-order valence-electron chi connectivity index (χ1n) is 10.6. The van der Waals surface area contributed by atoms with Crippen LogP contribution in [0.2, 0.25) is 0 Å². The molecule has 2 heterocycles. The molecule has 0 atom stereocenters. The summed E-state index contributed by atoms with van der Waals surface area (Å²) in [6, 6.07) is 20.1. The number of ether oxygens (including phenoxy) is 1. The van der Waals surface area contributed by atoms with Gasteiger partial charge in [0.2, 0.25) is 0 Å². The number of nitrogens with zero attached hydrogens (tertiary/aromatic N) is 3.